The Morgan fingerprint density at radius 3 is 2.23 bits per heavy atom. The SMILES string of the molecule is CC1CC1COc1cc(NS(=O)(=O)c2ccccc2)cc(C(=O)N[C@@H](Cc2ccccc2)[C@@H](N)C[C@@H](C)C(=O)Nc2ccc(F)cc2)c1. The van der Waals surface area contributed by atoms with Crippen molar-refractivity contribution < 1.29 is 27.1 Å². The highest BCUT2D eigenvalue weighted by molar-refractivity contribution is 7.92. The van der Waals surface area contributed by atoms with Crippen LogP contribution in [0.15, 0.2) is 108 Å². The molecule has 252 valence electrons. The molecule has 0 aliphatic heterocycles. The van der Waals surface area contributed by atoms with Crippen molar-refractivity contribution in [1.29, 1.82) is 0 Å². The molecular weight excluding hydrogens is 631 g/mol. The minimum atomic E-state index is -3.94. The fraction of sp³-hybridized carbons (Fsp3) is 0.297. The summed E-state index contributed by atoms with van der Waals surface area (Å²) < 4.78 is 48.2. The number of rotatable bonds is 15. The summed E-state index contributed by atoms with van der Waals surface area (Å²) in [7, 11) is -3.94. The van der Waals surface area contributed by atoms with Gasteiger partial charge in [-0.2, -0.15) is 0 Å². The number of nitrogens with two attached hydrogens (primary N) is 1. The number of carbonyl (C=O) groups is 2. The number of benzene rings is 4. The molecule has 0 bridgehead atoms. The highest BCUT2D eigenvalue weighted by Crippen LogP contribution is 2.38. The minimum Gasteiger partial charge on any atom is -0.493 e. The van der Waals surface area contributed by atoms with Crippen LogP contribution < -0.4 is 25.8 Å². The van der Waals surface area contributed by atoms with Gasteiger partial charge in [-0.3, -0.25) is 14.3 Å². The van der Waals surface area contributed by atoms with Gasteiger partial charge >= 0.3 is 0 Å². The average Bonchev–Trinajstić information content (AvgIpc) is 3.79. The Kier molecular flexibility index (Phi) is 11.1. The van der Waals surface area contributed by atoms with Gasteiger partial charge < -0.3 is 21.1 Å². The summed E-state index contributed by atoms with van der Waals surface area (Å²) in [6, 6.07) is 26.4. The van der Waals surface area contributed by atoms with Gasteiger partial charge in [-0.1, -0.05) is 62.4 Å². The molecule has 48 heavy (non-hydrogen) atoms. The van der Waals surface area contributed by atoms with Crippen LogP contribution in [0.5, 0.6) is 5.75 Å². The van der Waals surface area contributed by atoms with Gasteiger partial charge in [0, 0.05) is 35.3 Å². The van der Waals surface area contributed by atoms with Crippen LogP contribution in [0, 0.1) is 23.6 Å². The van der Waals surface area contributed by atoms with Crippen molar-refractivity contribution >= 4 is 33.2 Å². The zero-order chi connectivity index (χ0) is 34.3. The number of hydrogen-bond acceptors (Lipinski definition) is 6. The largest absolute Gasteiger partial charge is 0.493 e. The first-order chi connectivity index (χ1) is 23.0. The topological polar surface area (TPSA) is 140 Å². The van der Waals surface area contributed by atoms with E-state index in [4.69, 9.17) is 10.5 Å². The molecule has 0 spiro atoms. The number of nitrogens with one attached hydrogen (secondary N) is 3. The number of sulfonamides is 1. The monoisotopic (exact) mass is 672 g/mol. The maximum atomic E-state index is 13.9. The van der Waals surface area contributed by atoms with Crippen LogP contribution in [0.2, 0.25) is 0 Å². The lowest BCUT2D eigenvalue weighted by Gasteiger charge is -2.27. The predicted molar refractivity (Wildman–Crippen MR) is 185 cm³/mol. The average molecular weight is 673 g/mol. The molecule has 0 radical (unpaired) electrons. The first kappa shape index (κ1) is 34.6. The number of carbonyl (C=O) groups excluding carboxylic acids is 2. The Morgan fingerprint density at radius 2 is 1.58 bits per heavy atom. The zero-order valence-corrected chi connectivity index (χ0v) is 27.8. The number of ether oxygens (including phenoxy) is 1. The predicted octanol–water partition coefficient (Wildman–Crippen LogP) is 5.99. The molecule has 5 N–H and O–H groups in total. The maximum absolute atomic E-state index is 13.9. The molecule has 9 nitrogen and oxygen atoms in total. The van der Waals surface area contributed by atoms with E-state index < -0.39 is 39.7 Å². The van der Waals surface area contributed by atoms with E-state index in [9.17, 15) is 22.4 Å². The fourth-order valence-electron chi connectivity index (χ4n) is 5.43. The van der Waals surface area contributed by atoms with Crippen LogP contribution in [0.1, 0.15) is 42.6 Å². The summed E-state index contributed by atoms with van der Waals surface area (Å²) in [6.45, 7) is 4.34. The van der Waals surface area contributed by atoms with Crippen molar-refractivity contribution in [3.05, 3.63) is 120 Å². The number of amides is 2. The van der Waals surface area contributed by atoms with Crippen molar-refractivity contribution in [3.8, 4) is 5.75 Å². The van der Waals surface area contributed by atoms with E-state index in [1.54, 1.807) is 37.3 Å². The number of anilines is 2. The van der Waals surface area contributed by atoms with Crippen LogP contribution in [0.25, 0.3) is 0 Å². The second-order valence-electron chi connectivity index (χ2n) is 12.5. The standard InChI is InChI=1S/C37H41FN4O5S/c1-24-17-28(24)23-47-32-21-27(20-31(22-32)42-48(45,46)33-11-7-4-8-12-33)37(44)41-35(19-26-9-5-3-6-10-26)34(39)18-25(2)36(43)40-30-15-13-29(38)14-16-30/h3-16,20-22,24-25,28,34-35,42H,17-19,23,39H2,1-2H3,(H,40,43)(H,41,44)/t24?,25-,28?,34+,35+/m1/s1. The molecule has 1 aliphatic carbocycles. The smallest absolute Gasteiger partial charge is 0.261 e. The van der Waals surface area contributed by atoms with E-state index in [0.29, 0.717) is 36.3 Å². The lowest BCUT2D eigenvalue weighted by Crippen LogP contribution is -2.50. The summed E-state index contributed by atoms with van der Waals surface area (Å²) in [5, 5.41) is 5.83. The van der Waals surface area contributed by atoms with Crippen molar-refractivity contribution in [3.63, 3.8) is 0 Å². The Labute approximate surface area is 281 Å². The van der Waals surface area contributed by atoms with Crippen LogP contribution in [-0.2, 0) is 21.2 Å². The Balaban J connectivity index is 1.35. The molecular formula is C37H41FN4O5S. The molecule has 0 aromatic heterocycles. The molecule has 2 amide bonds. The van der Waals surface area contributed by atoms with Crippen molar-refractivity contribution in [2.24, 2.45) is 23.5 Å². The van der Waals surface area contributed by atoms with Gasteiger partial charge in [0.15, 0.2) is 0 Å². The molecule has 4 aromatic rings. The van der Waals surface area contributed by atoms with Gasteiger partial charge in [-0.25, -0.2) is 12.8 Å². The Morgan fingerprint density at radius 1 is 0.938 bits per heavy atom. The quantitative estimate of drug-likeness (QED) is 0.122. The highest BCUT2D eigenvalue weighted by Gasteiger charge is 2.33. The first-order valence-corrected chi connectivity index (χ1v) is 17.5. The summed E-state index contributed by atoms with van der Waals surface area (Å²) in [6.07, 6.45) is 1.69. The molecule has 1 fully saturated rings. The molecule has 0 heterocycles. The van der Waals surface area contributed by atoms with Crippen LogP contribution in [0.4, 0.5) is 15.8 Å². The van der Waals surface area contributed by atoms with Crippen molar-refractivity contribution in [1.82, 2.24) is 5.32 Å². The van der Waals surface area contributed by atoms with E-state index >= 15 is 0 Å². The van der Waals surface area contributed by atoms with E-state index in [2.05, 4.69) is 22.3 Å². The first-order valence-electron chi connectivity index (χ1n) is 16.0. The molecule has 4 aromatic carbocycles. The number of hydrogen-bond donors (Lipinski definition) is 4. The second-order valence-corrected chi connectivity index (χ2v) is 14.2. The van der Waals surface area contributed by atoms with E-state index in [1.807, 2.05) is 30.3 Å². The second kappa shape index (κ2) is 15.4. The molecule has 0 saturated heterocycles. The van der Waals surface area contributed by atoms with Crippen LogP contribution in [0.3, 0.4) is 0 Å². The summed E-state index contributed by atoms with van der Waals surface area (Å²) in [5.74, 6) is -0.372. The van der Waals surface area contributed by atoms with Gasteiger partial charge in [-0.05, 0) is 85.2 Å². The molecule has 5 rings (SSSR count). The Hall–Kier alpha value is -4.74. The number of halogens is 1. The van der Waals surface area contributed by atoms with Gasteiger partial charge in [0.2, 0.25) is 5.91 Å². The third-order valence-corrected chi connectivity index (χ3v) is 9.93. The molecule has 11 heteroatoms. The summed E-state index contributed by atoms with van der Waals surface area (Å²) >= 11 is 0. The van der Waals surface area contributed by atoms with Crippen LogP contribution >= 0.6 is 0 Å². The van der Waals surface area contributed by atoms with E-state index in [-0.39, 0.29) is 28.5 Å². The molecule has 5 atom stereocenters. The van der Waals surface area contributed by atoms with E-state index in [1.165, 1.54) is 42.5 Å². The zero-order valence-electron chi connectivity index (χ0n) is 26.9. The highest BCUT2D eigenvalue weighted by atomic mass is 32.2. The third kappa shape index (κ3) is 9.65. The fourth-order valence-corrected chi connectivity index (χ4v) is 6.49. The van der Waals surface area contributed by atoms with Gasteiger partial charge in [0.05, 0.1) is 17.2 Å². The van der Waals surface area contributed by atoms with Gasteiger partial charge in [0.1, 0.15) is 11.6 Å². The van der Waals surface area contributed by atoms with Crippen LogP contribution in [-0.4, -0.2) is 38.9 Å². The van der Waals surface area contributed by atoms with Gasteiger partial charge in [0.25, 0.3) is 15.9 Å². The summed E-state index contributed by atoms with van der Waals surface area (Å²) in [4.78, 5) is 26.9. The normalized spacial score (nSPS) is 17.4. The minimum absolute atomic E-state index is 0.0839. The third-order valence-electron chi connectivity index (χ3n) is 8.53. The molecule has 1 saturated carbocycles. The lowest BCUT2D eigenvalue weighted by atomic mass is 9.92. The Bertz CT molecular complexity index is 1810. The maximum Gasteiger partial charge on any atom is 0.261 e. The van der Waals surface area contributed by atoms with E-state index in [0.717, 1.165) is 12.0 Å². The van der Waals surface area contributed by atoms with Crippen molar-refractivity contribution in [2.75, 3.05) is 16.6 Å². The molecule has 1 aliphatic rings. The summed E-state index contributed by atoms with van der Waals surface area (Å²) in [5.41, 5.74) is 8.47. The lowest BCUT2D eigenvalue weighted by molar-refractivity contribution is -0.119. The van der Waals surface area contributed by atoms with Gasteiger partial charge in [-0.15, -0.1) is 0 Å². The molecule has 2 unspecified atom stereocenters. The van der Waals surface area contributed by atoms with Crippen molar-refractivity contribution in [2.45, 2.75) is 50.1 Å².